The van der Waals surface area contributed by atoms with E-state index in [2.05, 4.69) is 20.8 Å². The van der Waals surface area contributed by atoms with Crippen molar-refractivity contribution in [3.05, 3.63) is 0 Å². The first-order valence-electron chi connectivity index (χ1n) is 7.09. The molecule has 1 aliphatic carbocycles. The fourth-order valence-corrected chi connectivity index (χ4v) is 3.34. The lowest BCUT2D eigenvalue weighted by Crippen LogP contribution is -2.39. The van der Waals surface area contributed by atoms with E-state index in [1.165, 1.54) is 24.6 Å². The zero-order chi connectivity index (χ0) is 14.4. The molecule has 112 valence electrons. The maximum Gasteiger partial charge on any atom is 0.321 e. The third-order valence-corrected chi connectivity index (χ3v) is 4.48. The molecule has 0 saturated heterocycles. The van der Waals surface area contributed by atoms with E-state index in [0.29, 0.717) is 18.3 Å². The molecule has 20 heavy (non-hydrogen) atoms. The number of thioether (sulfide) groups is 1. The molecule has 1 fully saturated rings. The Morgan fingerprint density at radius 2 is 2.30 bits per heavy atom. The molecular weight excluding hydrogens is 278 g/mol. The highest BCUT2D eigenvalue weighted by atomic mass is 32.2. The lowest BCUT2D eigenvalue weighted by atomic mass is 10.3. The molecular formula is C12H21N5O2S. The summed E-state index contributed by atoms with van der Waals surface area (Å²) in [7, 11) is 0. The number of carboxylic acid groups (broad SMARTS) is 1. The third kappa shape index (κ3) is 3.92. The number of rotatable bonds is 8. The number of carboxylic acids is 1. The second kappa shape index (κ2) is 7.58. The van der Waals surface area contributed by atoms with E-state index < -0.39 is 12.0 Å². The number of aliphatic carboxylic acids is 1. The van der Waals surface area contributed by atoms with Crippen LogP contribution in [-0.2, 0) is 4.79 Å². The number of nitrogens with one attached hydrogen (secondary N) is 1. The molecule has 1 heterocycles. The maximum absolute atomic E-state index is 11.2. The molecule has 0 bridgehead atoms. The predicted molar refractivity (Wildman–Crippen MR) is 75.8 cm³/mol. The molecule has 1 unspecified atom stereocenters. The summed E-state index contributed by atoms with van der Waals surface area (Å²) in [6.45, 7) is 2.71. The number of tetrazole rings is 1. The quantitative estimate of drug-likeness (QED) is 0.699. The standard InChI is InChI=1S/C12H21N5O2S/c1-2-7-13-10(11(18)19)8-20-12-14-15-16-17(12)9-5-3-4-6-9/h9-10,13H,2-8H2,1H3,(H,18,19). The lowest BCUT2D eigenvalue weighted by molar-refractivity contribution is -0.138. The van der Waals surface area contributed by atoms with Crippen molar-refractivity contribution in [1.29, 1.82) is 0 Å². The highest BCUT2D eigenvalue weighted by molar-refractivity contribution is 7.99. The normalized spacial score (nSPS) is 17.4. The summed E-state index contributed by atoms with van der Waals surface area (Å²) >= 11 is 1.41. The van der Waals surface area contributed by atoms with Gasteiger partial charge in [-0.1, -0.05) is 31.5 Å². The molecule has 1 atom stereocenters. The first kappa shape index (κ1) is 15.2. The minimum Gasteiger partial charge on any atom is -0.480 e. The monoisotopic (exact) mass is 299 g/mol. The summed E-state index contributed by atoms with van der Waals surface area (Å²) in [5, 5.41) is 24.7. The minimum atomic E-state index is -0.828. The van der Waals surface area contributed by atoms with Crippen LogP contribution in [0.15, 0.2) is 5.16 Å². The van der Waals surface area contributed by atoms with Gasteiger partial charge < -0.3 is 10.4 Å². The first-order chi connectivity index (χ1) is 9.72. The van der Waals surface area contributed by atoms with Gasteiger partial charge in [0.15, 0.2) is 0 Å². The Bertz CT molecular complexity index is 433. The van der Waals surface area contributed by atoms with Gasteiger partial charge in [-0.05, 0) is 36.2 Å². The second-order valence-corrected chi connectivity index (χ2v) is 5.99. The summed E-state index contributed by atoms with van der Waals surface area (Å²) < 4.78 is 1.86. The van der Waals surface area contributed by atoms with Crippen LogP contribution in [0, 0.1) is 0 Å². The average Bonchev–Trinajstić information content (AvgIpc) is 3.08. The number of carbonyl (C=O) groups is 1. The Labute approximate surface area is 122 Å². The summed E-state index contributed by atoms with van der Waals surface area (Å²) in [5.74, 6) is -0.395. The lowest BCUT2D eigenvalue weighted by Gasteiger charge is -2.14. The Kier molecular flexibility index (Phi) is 5.78. The van der Waals surface area contributed by atoms with E-state index in [9.17, 15) is 9.90 Å². The summed E-state index contributed by atoms with van der Waals surface area (Å²) in [6, 6.07) is -0.187. The van der Waals surface area contributed by atoms with E-state index >= 15 is 0 Å². The second-order valence-electron chi connectivity index (χ2n) is 5.00. The number of aromatic nitrogens is 4. The topological polar surface area (TPSA) is 92.9 Å². The third-order valence-electron chi connectivity index (χ3n) is 3.45. The molecule has 0 spiro atoms. The van der Waals surface area contributed by atoms with E-state index in [1.807, 2.05) is 11.6 Å². The molecule has 0 aliphatic heterocycles. The van der Waals surface area contributed by atoms with Crippen molar-refractivity contribution in [3.8, 4) is 0 Å². The average molecular weight is 299 g/mol. The van der Waals surface area contributed by atoms with E-state index in [-0.39, 0.29) is 0 Å². The largest absolute Gasteiger partial charge is 0.480 e. The summed E-state index contributed by atoms with van der Waals surface area (Å²) in [5.41, 5.74) is 0. The predicted octanol–water partition coefficient (Wildman–Crippen LogP) is 1.33. The van der Waals surface area contributed by atoms with Gasteiger partial charge in [-0.2, -0.15) is 0 Å². The van der Waals surface area contributed by atoms with Crippen LogP contribution < -0.4 is 5.32 Å². The van der Waals surface area contributed by atoms with Crippen molar-refractivity contribution in [2.45, 2.75) is 56.3 Å². The van der Waals surface area contributed by atoms with Crippen molar-refractivity contribution in [3.63, 3.8) is 0 Å². The van der Waals surface area contributed by atoms with Gasteiger partial charge in [0, 0.05) is 5.75 Å². The molecule has 1 aromatic heterocycles. The maximum atomic E-state index is 11.2. The fourth-order valence-electron chi connectivity index (χ4n) is 2.35. The molecule has 2 N–H and O–H groups in total. The molecule has 7 nitrogen and oxygen atoms in total. The van der Waals surface area contributed by atoms with Crippen LogP contribution in [0.4, 0.5) is 0 Å². The van der Waals surface area contributed by atoms with Crippen molar-refractivity contribution in [2.24, 2.45) is 0 Å². The molecule has 1 saturated carbocycles. The summed E-state index contributed by atoms with van der Waals surface area (Å²) in [4.78, 5) is 11.2. The molecule has 1 aromatic rings. The van der Waals surface area contributed by atoms with Crippen molar-refractivity contribution in [1.82, 2.24) is 25.5 Å². The van der Waals surface area contributed by atoms with Crippen LogP contribution in [0.5, 0.6) is 0 Å². The Morgan fingerprint density at radius 3 is 2.95 bits per heavy atom. The first-order valence-corrected chi connectivity index (χ1v) is 8.07. The van der Waals surface area contributed by atoms with Crippen LogP contribution in [0.2, 0.25) is 0 Å². The van der Waals surface area contributed by atoms with Gasteiger partial charge in [0.2, 0.25) is 5.16 Å². The van der Waals surface area contributed by atoms with E-state index in [4.69, 9.17) is 0 Å². The van der Waals surface area contributed by atoms with Gasteiger partial charge in [0.05, 0.1) is 6.04 Å². The van der Waals surface area contributed by atoms with Crippen LogP contribution >= 0.6 is 11.8 Å². The van der Waals surface area contributed by atoms with Gasteiger partial charge in [0.1, 0.15) is 6.04 Å². The number of hydrogen-bond acceptors (Lipinski definition) is 6. The molecule has 0 radical (unpaired) electrons. The molecule has 0 aromatic carbocycles. The molecule has 0 amide bonds. The zero-order valence-corrected chi connectivity index (χ0v) is 12.5. The Balaban J connectivity index is 1.92. The van der Waals surface area contributed by atoms with Crippen LogP contribution in [0.25, 0.3) is 0 Å². The van der Waals surface area contributed by atoms with Gasteiger partial charge >= 0.3 is 5.97 Å². The van der Waals surface area contributed by atoms with Crippen molar-refractivity contribution >= 4 is 17.7 Å². The minimum absolute atomic E-state index is 0.374. The fraction of sp³-hybridized carbons (Fsp3) is 0.833. The van der Waals surface area contributed by atoms with Crippen molar-refractivity contribution < 1.29 is 9.90 Å². The SMILES string of the molecule is CCCNC(CSc1nnnn1C1CCCC1)C(=O)O. The number of hydrogen-bond donors (Lipinski definition) is 2. The number of nitrogens with zero attached hydrogens (tertiary/aromatic N) is 4. The van der Waals surface area contributed by atoms with Crippen LogP contribution in [0.1, 0.15) is 45.1 Å². The smallest absolute Gasteiger partial charge is 0.321 e. The van der Waals surface area contributed by atoms with Gasteiger partial charge in [0.25, 0.3) is 0 Å². The van der Waals surface area contributed by atoms with E-state index in [0.717, 1.165) is 24.4 Å². The van der Waals surface area contributed by atoms with Crippen LogP contribution in [0.3, 0.4) is 0 Å². The molecule has 2 rings (SSSR count). The Hall–Kier alpha value is -1.15. The van der Waals surface area contributed by atoms with Gasteiger partial charge in [-0.15, -0.1) is 5.10 Å². The van der Waals surface area contributed by atoms with Crippen LogP contribution in [-0.4, -0.2) is 49.6 Å². The molecule has 8 heteroatoms. The van der Waals surface area contributed by atoms with E-state index in [1.54, 1.807) is 0 Å². The summed E-state index contributed by atoms with van der Waals surface area (Å²) in [6.07, 6.45) is 5.55. The van der Waals surface area contributed by atoms with Gasteiger partial charge in [-0.25, -0.2) is 4.68 Å². The molecule has 1 aliphatic rings. The van der Waals surface area contributed by atoms with Crippen molar-refractivity contribution in [2.75, 3.05) is 12.3 Å². The zero-order valence-electron chi connectivity index (χ0n) is 11.7. The highest BCUT2D eigenvalue weighted by Crippen LogP contribution is 2.31. The highest BCUT2D eigenvalue weighted by Gasteiger charge is 2.23. The van der Waals surface area contributed by atoms with Gasteiger partial charge in [-0.3, -0.25) is 4.79 Å². The Morgan fingerprint density at radius 1 is 1.55 bits per heavy atom.